The molecule has 0 atom stereocenters. The Kier molecular flexibility index (Phi) is 5.38. The fourth-order valence-corrected chi connectivity index (χ4v) is 2.83. The zero-order valence-electron chi connectivity index (χ0n) is 14.4. The number of carbonyl (C=O) groups excluding carboxylic acids is 2. The zero-order chi connectivity index (χ0) is 17.6. The quantitative estimate of drug-likeness (QED) is 0.899. The van der Waals surface area contributed by atoms with Gasteiger partial charge in [0, 0.05) is 38.6 Å². The molecule has 1 aliphatic rings. The van der Waals surface area contributed by atoms with Crippen LogP contribution in [-0.2, 0) is 16.0 Å². The van der Waals surface area contributed by atoms with Gasteiger partial charge in [0.25, 0.3) is 5.91 Å². The molecular weight excluding hydrogens is 318 g/mol. The van der Waals surface area contributed by atoms with E-state index in [4.69, 9.17) is 4.74 Å². The molecule has 6 heteroatoms. The van der Waals surface area contributed by atoms with Crippen LogP contribution in [0.15, 0.2) is 42.7 Å². The normalized spacial score (nSPS) is 14.4. The Bertz CT molecular complexity index is 702. The maximum absolute atomic E-state index is 12.3. The van der Waals surface area contributed by atoms with Crippen LogP contribution in [0.2, 0.25) is 0 Å². The smallest absolute Gasteiger partial charge is 0.260 e. The molecule has 0 radical (unpaired) electrons. The summed E-state index contributed by atoms with van der Waals surface area (Å²) in [7, 11) is 0. The summed E-state index contributed by atoms with van der Waals surface area (Å²) in [4.78, 5) is 31.1. The molecule has 1 N–H and O–H groups in total. The topological polar surface area (TPSA) is 65.6 Å². The second-order valence-electron chi connectivity index (χ2n) is 6.26. The number of amides is 2. The van der Waals surface area contributed by atoms with Crippen LogP contribution in [-0.4, -0.2) is 59.4 Å². The van der Waals surface area contributed by atoms with E-state index < -0.39 is 0 Å². The molecule has 2 aromatic rings. The second-order valence-corrected chi connectivity index (χ2v) is 6.26. The standard InChI is InChI=1S/C19H23N3O3/c1-15-2-4-17(5-3-15)25-14-19(24)22-10-8-21(9-11-22)18(23)12-16-6-7-20-13-16/h2-7,13,20H,8-12,14H2,1H3. The Hall–Kier alpha value is -2.76. The van der Waals surface area contributed by atoms with Crippen molar-refractivity contribution >= 4 is 11.8 Å². The van der Waals surface area contributed by atoms with Gasteiger partial charge in [0.1, 0.15) is 5.75 Å². The Balaban J connectivity index is 1.42. The van der Waals surface area contributed by atoms with E-state index in [-0.39, 0.29) is 18.4 Å². The lowest BCUT2D eigenvalue weighted by Gasteiger charge is -2.34. The van der Waals surface area contributed by atoms with Gasteiger partial charge in [-0.25, -0.2) is 0 Å². The van der Waals surface area contributed by atoms with Crippen molar-refractivity contribution in [3.8, 4) is 5.75 Å². The molecule has 1 aliphatic heterocycles. The lowest BCUT2D eigenvalue weighted by molar-refractivity contribution is -0.140. The molecule has 0 aliphatic carbocycles. The first-order valence-corrected chi connectivity index (χ1v) is 8.48. The summed E-state index contributed by atoms with van der Waals surface area (Å²) in [5.41, 5.74) is 2.13. The van der Waals surface area contributed by atoms with Gasteiger partial charge in [-0.15, -0.1) is 0 Å². The Morgan fingerprint density at radius 1 is 1.00 bits per heavy atom. The SMILES string of the molecule is Cc1ccc(OCC(=O)N2CCN(C(=O)Cc3cc[nH]c3)CC2)cc1. The highest BCUT2D eigenvalue weighted by atomic mass is 16.5. The summed E-state index contributed by atoms with van der Waals surface area (Å²) in [6, 6.07) is 9.53. The van der Waals surface area contributed by atoms with Gasteiger partial charge in [0.05, 0.1) is 6.42 Å². The summed E-state index contributed by atoms with van der Waals surface area (Å²) < 4.78 is 5.55. The lowest BCUT2D eigenvalue weighted by Crippen LogP contribution is -2.52. The zero-order valence-corrected chi connectivity index (χ0v) is 14.4. The van der Waals surface area contributed by atoms with Gasteiger partial charge in [-0.05, 0) is 30.7 Å². The van der Waals surface area contributed by atoms with Crippen LogP contribution < -0.4 is 4.74 Å². The van der Waals surface area contributed by atoms with Crippen LogP contribution in [0.4, 0.5) is 0 Å². The number of aromatic amines is 1. The van der Waals surface area contributed by atoms with Gasteiger partial charge in [0.15, 0.2) is 6.61 Å². The number of nitrogens with zero attached hydrogens (tertiary/aromatic N) is 2. The largest absolute Gasteiger partial charge is 0.484 e. The molecular formula is C19H23N3O3. The predicted molar refractivity (Wildman–Crippen MR) is 94.3 cm³/mol. The number of aromatic nitrogens is 1. The fourth-order valence-electron chi connectivity index (χ4n) is 2.83. The number of benzene rings is 1. The molecule has 3 rings (SSSR count). The van der Waals surface area contributed by atoms with Crippen molar-refractivity contribution in [1.29, 1.82) is 0 Å². The van der Waals surface area contributed by atoms with Crippen LogP contribution in [0.3, 0.4) is 0 Å². The number of hydrogen-bond donors (Lipinski definition) is 1. The van der Waals surface area contributed by atoms with Crippen molar-refractivity contribution in [2.75, 3.05) is 32.8 Å². The number of hydrogen-bond acceptors (Lipinski definition) is 3. The minimum Gasteiger partial charge on any atom is -0.484 e. The van der Waals surface area contributed by atoms with Crippen molar-refractivity contribution in [2.45, 2.75) is 13.3 Å². The first-order chi connectivity index (χ1) is 12.1. The van der Waals surface area contributed by atoms with Crippen molar-refractivity contribution in [2.24, 2.45) is 0 Å². The molecule has 25 heavy (non-hydrogen) atoms. The van der Waals surface area contributed by atoms with Crippen LogP contribution >= 0.6 is 0 Å². The molecule has 1 aromatic heterocycles. The van der Waals surface area contributed by atoms with E-state index in [1.54, 1.807) is 4.90 Å². The van der Waals surface area contributed by atoms with E-state index in [1.165, 1.54) is 0 Å². The molecule has 2 amide bonds. The second kappa shape index (κ2) is 7.88. The van der Waals surface area contributed by atoms with Gasteiger partial charge in [-0.3, -0.25) is 9.59 Å². The number of rotatable bonds is 5. The third-order valence-electron chi connectivity index (χ3n) is 4.39. The van der Waals surface area contributed by atoms with Crippen LogP contribution in [0.25, 0.3) is 0 Å². The third kappa shape index (κ3) is 4.62. The molecule has 6 nitrogen and oxygen atoms in total. The van der Waals surface area contributed by atoms with E-state index in [0.717, 1.165) is 11.1 Å². The number of aryl methyl sites for hydroxylation is 1. The Morgan fingerprint density at radius 2 is 1.64 bits per heavy atom. The van der Waals surface area contributed by atoms with Crippen molar-refractivity contribution < 1.29 is 14.3 Å². The molecule has 0 saturated carbocycles. The van der Waals surface area contributed by atoms with Gasteiger partial charge in [0.2, 0.25) is 5.91 Å². The van der Waals surface area contributed by atoms with Gasteiger partial charge in [-0.2, -0.15) is 0 Å². The minimum atomic E-state index is -0.0432. The first kappa shape index (κ1) is 17.1. The molecule has 2 heterocycles. The average molecular weight is 341 g/mol. The Morgan fingerprint density at radius 3 is 2.24 bits per heavy atom. The molecule has 132 valence electrons. The number of piperazine rings is 1. The van der Waals surface area contributed by atoms with Crippen molar-refractivity contribution in [3.05, 3.63) is 53.9 Å². The maximum Gasteiger partial charge on any atom is 0.260 e. The van der Waals surface area contributed by atoms with E-state index in [9.17, 15) is 9.59 Å². The van der Waals surface area contributed by atoms with Crippen LogP contribution in [0.5, 0.6) is 5.75 Å². The van der Waals surface area contributed by atoms with Crippen molar-refractivity contribution in [3.63, 3.8) is 0 Å². The van der Waals surface area contributed by atoms with Gasteiger partial charge in [-0.1, -0.05) is 17.7 Å². The first-order valence-electron chi connectivity index (χ1n) is 8.48. The fraction of sp³-hybridized carbons (Fsp3) is 0.368. The molecule has 1 saturated heterocycles. The number of nitrogens with one attached hydrogen (secondary N) is 1. The number of ether oxygens (including phenoxy) is 1. The number of carbonyl (C=O) groups is 2. The predicted octanol–water partition coefficient (Wildman–Crippen LogP) is 1.62. The van der Waals surface area contributed by atoms with Gasteiger partial charge < -0.3 is 19.5 Å². The molecule has 1 fully saturated rings. The van der Waals surface area contributed by atoms with E-state index >= 15 is 0 Å². The average Bonchev–Trinajstić information content (AvgIpc) is 3.14. The van der Waals surface area contributed by atoms with Gasteiger partial charge >= 0.3 is 0 Å². The highest BCUT2D eigenvalue weighted by Crippen LogP contribution is 2.12. The van der Waals surface area contributed by atoms with Crippen LogP contribution in [0.1, 0.15) is 11.1 Å². The summed E-state index contributed by atoms with van der Waals surface area (Å²) in [5, 5.41) is 0. The monoisotopic (exact) mass is 341 g/mol. The Labute approximate surface area is 147 Å². The highest BCUT2D eigenvalue weighted by molar-refractivity contribution is 5.80. The highest BCUT2D eigenvalue weighted by Gasteiger charge is 2.24. The summed E-state index contributed by atoms with van der Waals surface area (Å²) >= 11 is 0. The van der Waals surface area contributed by atoms with Crippen LogP contribution in [0, 0.1) is 6.92 Å². The van der Waals surface area contributed by atoms with Crippen molar-refractivity contribution in [1.82, 2.24) is 14.8 Å². The number of H-pyrrole nitrogens is 1. The van der Waals surface area contributed by atoms with E-state index in [2.05, 4.69) is 4.98 Å². The summed E-state index contributed by atoms with van der Waals surface area (Å²) in [6.07, 6.45) is 4.04. The lowest BCUT2D eigenvalue weighted by atomic mass is 10.2. The summed E-state index contributed by atoms with van der Waals surface area (Å²) in [5.74, 6) is 0.750. The summed E-state index contributed by atoms with van der Waals surface area (Å²) in [6.45, 7) is 4.27. The maximum atomic E-state index is 12.3. The molecule has 0 spiro atoms. The molecule has 1 aromatic carbocycles. The molecule has 0 unspecified atom stereocenters. The van der Waals surface area contributed by atoms with E-state index in [0.29, 0.717) is 38.3 Å². The van der Waals surface area contributed by atoms with E-state index in [1.807, 2.05) is 54.5 Å². The third-order valence-corrected chi connectivity index (χ3v) is 4.39. The molecule has 0 bridgehead atoms. The minimum absolute atomic E-state index is 0.0281.